The van der Waals surface area contributed by atoms with Crippen LogP contribution < -0.4 is 14.8 Å². The summed E-state index contributed by atoms with van der Waals surface area (Å²) in [4.78, 5) is 4.46. The number of benzene rings is 1. The fourth-order valence-corrected chi connectivity index (χ4v) is 4.47. The number of nitrogens with one attached hydrogen (secondary N) is 1. The van der Waals surface area contributed by atoms with E-state index < -0.39 is 0 Å². The second-order valence-electron chi connectivity index (χ2n) is 6.26. The highest BCUT2D eigenvalue weighted by Gasteiger charge is 2.17. The molecule has 154 valence electrons. The first kappa shape index (κ1) is 19.9. The van der Waals surface area contributed by atoms with Crippen LogP contribution in [0.3, 0.4) is 0 Å². The molecule has 0 saturated carbocycles. The van der Waals surface area contributed by atoms with E-state index in [4.69, 9.17) is 18.7 Å². The lowest BCUT2D eigenvalue weighted by molar-refractivity contribution is 0.120. The first-order chi connectivity index (χ1) is 14.2. The summed E-state index contributed by atoms with van der Waals surface area (Å²) in [5.41, 5.74) is 0.741. The van der Waals surface area contributed by atoms with Gasteiger partial charge < -0.3 is 24.1 Å². The molecular formula is C18H21N5O4S2. The molecule has 4 rings (SSSR count). The molecular weight excluding hydrogens is 414 g/mol. The number of aromatic nitrogens is 4. The molecule has 1 aliphatic rings. The molecule has 0 radical (unpaired) electrons. The Morgan fingerprint density at radius 2 is 2.21 bits per heavy atom. The normalized spacial score (nSPS) is 16.1. The van der Waals surface area contributed by atoms with E-state index >= 15 is 0 Å². The van der Waals surface area contributed by atoms with Crippen molar-refractivity contribution in [2.24, 2.45) is 0 Å². The number of rotatable bonds is 9. The number of hydrogen-bond acceptors (Lipinski definition) is 11. The highest BCUT2D eigenvalue weighted by atomic mass is 32.2. The third-order valence-electron chi connectivity index (χ3n) is 4.35. The average molecular weight is 436 g/mol. The summed E-state index contributed by atoms with van der Waals surface area (Å²) in [6.45, 7) is 1.61. The van der Waals surface area contributed by atoms with Crippen LogP contribution in [-0.4, -0.2) is 53.8 Å². The zero-order valence-corrected chi connectivity index (χ0v) is 17.7. The maximum absolute atomic E-state index is 5.60. The third kappa shape index (κ3) is 4.98. The molecule has 3 aromatic rings. The summed E-state index contributed by atoms with van der Waals surface area (Å²) in [6, 6.07) is 5.46. The zero-order valence-electron chi connectivity index (χ0n) is 16.1. The van der Waals surface area contributed by atoms with Gasteiger partial charge in [0, 0.05) is 19.2 Å². The van der Waals surface area contributed by atoms with Crippen LogP contribution in [0.4, 0.5) is 5.13 Å². The van der Waals surface area contributed by atoms with E-state index in [2.05, 4.69) is 25.7 Å². The molecule has 3 heterocycles. The number of nitrogens with zero attached hydrogens (tertiary/aromatic N) is 4. The minimum absolute atomic E-state index is 0.266. The van der Waals surface area contributed by atoms with Gasteiger partial charge in [0.15, 0.2) is 4.34 Å². The van der Waals surface area contributed by atoms with Gasteiger partial charge in [-0.05, 0) is 25.0 Å². The lowest BCUT2D eigenvalue weighted by atomic mass is 10.2. The molecule has 0 amide bonds. The van der Waals surface area contributed by atoms with E-state index in [0.717, 1.165) is 41.0 Å². The average Bonchev–Trinajstić information content (AvgIpc) is 3.52. The van der Waals surface area contributed by atoms with E-state index in [1.807, 2.05) is 12.1 Å². The van der Waals surface area contributed by atoms with E-state index in [0.29, 0.717) is 29.0 Å². The first-order valence-electron chi connectivity index (χ1n) is 9.12. The summed E-state index contributed by atoms with van der Waals surface area (Å²) in [5.74, 6) is 2.80. The third-order valence-corrected chi connectivity index (χ3v) is 6.35. The van der Waals surface area contributed by atoms with Crippen LogP contribution in [0.15, 0.2) is 27.1 Å². The van der Waals surface area contributed by atoms with Crippen molar-refractivity contribution in [1.82, 2.24) is 20.3 Å². The Bertz CT molecular complexity index is 942. The highest BCUT2D eigenvalue weighted by molar-refractivity contribution is 8.00. The Hall–Kier alpha value is -2.37. The van der Waals surface area contributed by atoms with Gasteiger partial charge in [-0.25, -0.2) is 0 Å². The second-order valence-corrected chi connectivity index (χ2v) is 8.46. The first-order valence-corrected chi connectivity index (χ1v) is 10.9. The number of anilines is 1. The van der Waals surface area contributed by atoms with Crippen LogP contribution in [0.2, 0.25) is 0 Å². The summed E-state index contributed by atoms with van der Waals surface area (Å²) >= 11 is 3.00. The van der Waals surface area contributed by atoms with E-state index in [-0.39, 0.29) is 6.10 Å². The topological polar surface area (TPSA) is 104 Å². The molecule has 0 spiro atoms. The smallest absolute Gasteiger partial charge is 0.237 e. The van der Waals surface area contributed by atoms with E-state index in [1.165, 1.54) is 23.1 Å². The summed E-state index contributed by atoms with van der Waals surface area (Å²) in [6.07, 6.45) is 2.48. The Labute approximate surface area is 176 Å². The predicted molar refractivity (Wildman–Crippen MR) is 110 cm³/mol. The van der Waals surface area contributed by atoms with Gasteiger partial charge in [0.2, 0.25) is 16.8 Å². The number of ether oxygens (including phenoxy) is 3. The minimum Gasteiger partial charge on any atom is -0.497 e. The summed E-state index contributed by atoms with van der Waals surface area (Å²) in [7, 11) is 3.20. The SMILES string of the molecule is COc1ccc(-c2noc(CSc3nnc(NC[C@@H]4CCCO4)s3)n2)c(OC)c1. The largest absolute Gasteiger partial charge is 0.497 e. The molecule has 1 atom stereocenters. The second kappa shape index (κ2) is 9.42. The van der Waals surface area contributed by atoms with Crippen molar-refractivity contribution in [3.8, 4) is 22.9 Å². The summed E-state index contributed by atoms with van der Waals surface area (Å²) < 4.78 is 22.4. The van der Waals surface area contributed by atoms with Crippen LogP contribution in [0, 0.1) is 0 Å². The molecule has 29 heavy (non-hydrogen) atoms. The fourth-order valence-electron chi connectivity index (χ4n) is 2.88. The fraction of sp³-hybridized carbons (Fsp3) is 0.444. The quantitative estimate of drug-likeness (QED) is 0.502. The molecule has 11 heteroatoms. The maximum atomic E-state index is 5.60. The monoisotopic (exact) mass is 435 g/mol. The van der Waals surface area contributed by atoms with Crippen LogP contribution in [-0.2, 0) is 10.5 Å². The minimum atomic E-state index is 0.266. The Kier molecular flexibility index (Phi) is 6.47. The molecule has 1 fully saturated rings. The van der Waals surface area contributed by atoms with Crippen molar-refractivity contribution in [2.75, 3.05) is 32.7 Å². The number of thioether (sulfide) groups is 1. The Morgan fingerprint density at radius 1 is 1.28 bits per heavy atom. The van der Waals surface area contributed by atoms with Crippen molar-refractivity contribution < 1.29 is 18.7 Å². The molecule has 1 saturated heterocycles. The standard InChI is InChI=1S/C18H21N5O4S2/c1-24-11-5-6-13(14(8-11)25-2)16-20-15(27-23-16)10-28-18-22-21-17(29-18)19-9-12-4-3-7-26-12/h5-6,8,12H,3-4,7,9-10H2,1-2H3,(H,19,21)/t12-/m0/s1. The molecule has 0 unspecified atom stereocenters. The predicted octanol–water partition coefficient (Wildman–Crippen LogP) is 3.49. The van der Waals surface area contributed by atoms with Gasteiger partial charge in [-0.15, -0.1) is 10.2 Å². The van der Waals surface area contributed by atoms with Crippen molar-refractivity contribution in [3.05, 3.63) is 24.1 Å². The maximum Gasteiger partial charge on any atom is 0.237 e. The molecule has 1 aliphatic heterocycles. The van der Waals surface area contributed by atoms with Gasteiger partial charge in [0.1, 0.15) is 11.5 Å². The Balaban J connectivity index is 1.34. The van der Waals surface area contributed by atoms with Crippen molar-refractivity contribution in [1.29, 1.82) is 0 Å². The lowest BCUT2D eigenvalue weighted by Crippen LogP contribution is -2.18. The van der Waals surface area contributed by atoms with Crippen LogP contribution in [0.5, 0.6) is 11.5 Å². The molecule has 0 aliphatic carbocycles. The number of hydrogen-bond donors (Lipinski definition) is 1. The van der Waals surface area contributed by atoms with Gasteiger partial charge in [-0.1, -0.05) is 28.3 Å². The van der Waals surface area contributed by atoms with E-state index in [1.54, 1.807) is 20.3 Å². The van der Waals surface area contributed by atoms with Crippen molar-refractivity contribution >= 4 is 28.2 Å². The highest BCUT2D eigenvalue weighted by Crippen LogP contribution is 2.33. The molecule has 1 aromatic carbocycles. The van der Waals surface area contributed by atoms with E-state index in [9.17, 15) is 0 Å². The van der Waals surface area contributed by atoms with Gasteiger partial charge in [-0.3, -0.25) is 0 Å². The summed E-state index contributed by atoms with van der Waals surface area (Å²) in [5, 5.41) is 16.5. The Morgan fingerprint density at radius 3 is 3.00 bits per heavy atom. The lowest BCUT2D eigenvalue weighted by Gasteiger charge is -2.08. The molecule has 9 nitrogen and oxygen atoms in total. The van der Waals surface area contributed by atoms with Crippen LogP contribution in [0.1, 0.15) is 18.7 Å². The molecule has 0 bridgehead atoms. The zero-order chi connectivity index (χ0) is 20.1. The van der Waals surface area contributed by atoms with Gasteiger partial charge in [0.25, 0.3) is 0 Å². The van der Waals surface area contributed by atoms with Gasteiger partial charge in [0.05, 0.1) is 31.6 Å². The van der Waals surface area contributed by atoms with Crippen molar-refractivity contribution in [3.63, 3.8) is 0 Å². The van der Waals surface area contributed by atoms with Gasteiger partial charge in [-0.2, -0.15) is 4.98 Å². The van der Waals surface area contributed by atoms with Crippen LogP contribution >= 0.6 is 23.1 Å². The molecule has 1 N–H and O–H groups in total. The number of methoxy groups -OCH3 is 2. The van der Waals surface area contributed by atoms with Crippen LogP contribution in [0.25, 0.3) is 11.4 Å². The van der Waals surface area contributed by atoms with Gasteiger partial charge >= 0.3 is 0 Å². The molecule has 2 aromatic heterocycles. The van der Waals surface area contributed by atoms with Crippen molar-refractivity contribution in [2.45, 2.75) is 29.0 Å².